The highest BCUT2D eigenvalue weighted by Crippen LogP contribution is 2.20. The van der Waals surface area contributed by atoms with Gasteiger partial charge in [-0.3, -0.25) is 14.9 Å². The molecule has 1 atom stereocenters. The van der Waals surface area contributed by atoms with E-state index in [1.165, 1.54) is 30.3 Å². The van der Waals surface area contributed by atoms with E-state index in [0.717, 1.165) is 5.56 Å². The summed E-state index contributed by atoms with van der Waals surface area (Å²) in [6.45, 7) is 0. The molecule has 0 radical (unpaired) electrons. The van der Waals surface area contributed by atoms with Crippen LogP contribution >= 0.6 is 11.6 Å². The van der Waals surface area contributed by atoms with Crippen molar-refractivity contribution in [2.75, 3.05) is 0 Å². The third kappa shape index (κ3) is 5.02. The number of nitro groups is 1. The molecule has 5 nitrogen and oxygen atoms in total. The first-order chi connectivity index (χ1) is 11.0. The van der Waals surface area contributed by atoms with Crippen LogP contribution in [0.2, 0.25) is 5.02 Å². The highest BCUT2D eigenvalue weighted by molar-refractivity contribution is 6.30. The van der Waals surface area contributed by atoms with Gasteiger partial charge in [0, 0.05) is 23.6 Å². The smallest absolute Gasteiger partial charge is 0.269 e. The van der Waals surface area contributed by atoms with Gasteiger partial charge in [-0.2, -0.15) is 0 Å². The standard InChI is InChI=1S/C17H14ClNO4/c18-14-6-1-12(2-7-14)3-10-16(20)11-17(21)13-4-8-15(9-5-13)19(22)23/h1-10,17,21H,11H2/b10-3+. The summed E-state index contributed by atoms with van der Waals surface area (Å²) >= 11 is 5.78. The first-order valence-electron chi connectivity index (χ1n) is 6.84. The van der Waals surface area contributed by atoms with Gasteiger partial charge in [0.15, 0.2) is 5.78 Å². The first kappa shape index (κ1) is 16.9. The molecular formula is C17H14ClNO4. The monoisotopic (exact) mass is 331 g/mol. The largest absolute Gasteiger partial charge is 0.388 e. The van der Waals surface area contributed by atoms with Crippen LogP contribution in [0.4, 0.5) is 5.69 Å². The third-order valence-electron chi connectivity index (χ3n) is 3.21. The maximum Gasteiger partial charge on any atom is 0.269 e. The van der Waals surface area contributed by atoms with E-state index in [-0.39, 0.29) is 17.9 Å². The molecule has 0 saturated heterocycles. The topological polar surface area (TPSA) is 80.4 Å². The molecule has 118 valence electrons. The normalized spacial score (nSPS) is 12.3. The highest BCUT2D eigenvalue weighted by Gasteiger charge is 2.13. The number of hydrogen-bond acceptors (Lipinski definition) is 4. The van der Waals surface area contributed by atoms with Crippen molar-refractivity contribution in [3.05, 3.63) is 80.9 Å². The lowest BCUT2D eigenvalue weighted by atomic mass is 10.0. The molecule has 6 heteroatoms. The average Bonchev–Trinajstić information content (AvgIpc) is 2.54. The van der Waals surface area contributed by atoms with E-state index >= 15 is 0 Å². The number of rotatable bonds is 6. The van der Waals surface area contributed by atoms with Crippen LogP contribution in [0.25, 0.3) is 6.08 Å². The van der Waals surface area contributed by atoms with Crippen molar-refractivity contribution < 1.29 is 14.8 Å². The number of benzene rings is 2. The summed E-state index contributed by atoms with van der Waals surface area (Å²) in [6, 6.07) is 12.5. The number of non-ortho nitro benzene ring substituents is 1. The molecule has 2 rings (SSSR count). The molecule has 1 unspecified atom stereocenters. The number of nitro benzene ring substituents is 1. The van der Waals surface area contributed by atoms with Gasteiger partial charge >= 0.3 is 0 Å². The van der Waals surface area contributed by atoms with Crippen molar-refractivity contribution in [2.45, 2.75) is 12.5 Å². The van der Waals surface area contributed by atoms with E-state index in [1.807, 2.05) is 0 Å². The molecule has 0 aliphatic heterocycles. The average molecular weight is 332 g/mol. The Morgan fingerprint density at radius 3 is 2.35 bits per heavy atom. The molecule has 2 aromatic rings. The Hall–Kier alpha value is -2.50. The van der Waals surface area contributed by atoms with Crippen molar-refractivity contribution in [1.82, 2.24) is 0 Å². The second kappa shape index (κ2) is 7.67. The van der Waals surface area contributed by atoms with Crippen LogP contribution in [0.15, 0.2) is 54.6 Å². The molecule has 0 aromatic heterocycles. The summed E-state index contributed by atoms with van der Waals surface area (Å²) in [5.41, 5.74) is 1.23. The number of allylic oxidation sites excluding steroid dienone is 1. The van der Waals surface area contributed by atoms with Crippen molar-refractivity contribution in [3.63, 3.8) is 0 Å². The minimum atomic E-state index is -1.00. The lowest BCUT2D eigenvalue weighted by Crippen LogP contribution is -2.04. The summed E-state index contributed by atoms with van der Waals surface area (Å²) in [4.78, 5) is 21.9. The van der Waals surface area contributed by atoms with E-state index in [2.05, 4.69) is 0 Å². The predicted octanol–water partition coefficient (Wildman–Crippen LogP) is 3.95. The second-order valence-electron chi connectivity index (χ2n) is 4.92. The van der Waals surface area contributed by atoms with Crippen LogP contribution in [0.3, 0.4) is 0 Å². The number of aliphatic hydroxyl groups is 1. The number of carbonyl (C=O) groups is 1. The Morgan fingerprint density at radius 2 is 1.78 bits per heavy atom. The molecule has 1 N–H and O–H groups in total. The summed E-state index contributed by atoms with van der Waals surface area (Å²) in [6.07, 6.45) is 1.93. The summed E-state index contributed by atoms with van der Waals surface area (Å²) in [5, 5.41) is 21.2. The third-order valence-corrected chi connectivity index (χ3v) is 3.47. The van der Waals surface area contributed by atoms with Gasteiger partial charge in [-0.15, -0.1) is 0 Å². The van der Waals surface area contributed by atoms with E-state index < -0.39 is 11.0 Å². The Morgan fingerprint density at radius 1 is 1.17 bits per heavy atom. The van der Waals surface area contributed by atoms with Crippen LogP contribution < -0.4 is 0 Å². The van der Waals surface area contributed by atoms with Gasteiger partial charge in [-0.25, -0.2) is 0 Å². The molecule has 0 amide bonds. The number of nitrogens with zero attached hydrogens (tertiary/aromatic N) is 1. The first-order valence-corrected chi connectivity index (χ1v) is 7.22. The molecule has 0 bridgehead atoms. The number of aliphatic hydroxyl groups excluding tert-OH is 1. The van der Waals surface area contributed by atoms with Gasteiger partial charge in [0.2, 0.25) is 0 Å². The fourth-order valence-corrected chi connectivity index (χ4v) is 2.08. The minimum Gasteiger partial charge on any atom is -0.388 e. The molecular weight excluding hydrogens is 318 g/mol. The van der Waals surface area contributed by atoms with E-state index in [0.29, 0.717) is 10.6 Å². The van der Waals surface area contributed by atoms with Gasteiger partial charge in [0.25, 0.3) is 5.69 Å². The zero-order valence-corrected chi connectivity index (χ0v) is 12.8. The van der Waals surface area contributed by atoms with E-state index in [1.54, 1.807) is 30.3 Å². The number of carbonyl (C=O) groups excluding carboxylic acids is 1. The highest BCUT2D eigenvalue weighted by atomic mass is 35.5. The summed E-state index contributed by atoms with van der Waals surface area (Å²) < 4.78 is 0. The molecule has 0 heterocycles. The lowest BCUT2D eigenvalue weighted by molar-refractivity contribution is -0.384. The number of ketones is 1. The fourth-order valence-electron chi connectivity index (χ4n) is 1.96. The minimum absolute atomic E-state index is 0.0603. The summed E-state index contributed by atoms with van der Waals surface area (Å²) in [7, 11) is 0. The number of halogens is 1. The Bertz CT molecular complexity index is 723. The van der Waals surface area contributed by atoms with Gasteiger partial charge < -0.3 is 5.11 Å². The molecule has 0 saturated carbocycles. The van der Waals surface area contributed by atoms with Crippen molar-refractivity contribution >= 4 is 29.1 Å². The molecule has 0 aliphatic carbocycles. The molecule has 2 aromatic carbocycles. The quantitative estimate of drug-likeness (QED) is 0.493. The number of hydrogen-bond donors (Lipinski definition) is 1. The zero-order valence-electron chi connectivity index (χ0n) is 12.1. The van der Waals surface area contributed by atoms with Gasteiger partial charge in [0.05, 0.1) is 11.0 Å². The lowest BCUT2D eigenvalue weighted by Gasteiger charge is -2.08. The van der Waals surface area contributed by atoms with Crippen molar-refractivity contribution in [2.24, 2.45) is 0 Å². The zero-order chi connectivity index (χ0) is 16.8. The van der Waals surface area contributed by atoms with E-state index in [9.17, 15) is 20.0 Å². The van der Waals surface area contributed by atoms with E-state index in [4.69, 9.17) is 11.6 Å². The van der Waals surface area contributed by atoms with Crippen LogP contribution in [-0.4, -0.2) is 15.8 Å². The Kier molecular flexibility index (Phi) is 5.62. The maximum absolute atomic E-state index is 11.9. The van der Waals surface area contributed by atoms with Crippen LogP contribution in [0, 0.1) is 10.1 Å². The predicted molar refractivity (Wildman–Crippen MR) is 88.2 cm³/mol. The Labute approximate surface area is 138 Å². The Balaban J connectivity index is 1.96. The van der Waals surface area contributed by atoms with Crippen LogP contribution in [-0.2, 0) is 4.79 Å². The summed E-state index contributed by atoms with van der Waals surface area (Å²) in [5.74, 6) is -0.245. The maximum atomic E-state index is 11.9. The molecule has 23 heavy (non-hydrogen) atoms. The van der Waals surface area contributed by atoms with Crippen molar-refractivity contribution in [3.8, 4) is 0 Å². The molecule has 0 spiro atoms. The van der Waals surface area contributed by atoms with Crippen molar-refractivity contribution in [1.29, 1.82) is 0 Å². The molecule has 0 aliphatic rings. The van der Waals surface area contributed by atoms with Gasteiger partial charge in [-0.05, 0) is 41.5 Å². The van der Waals surface area contributed by atoms with Gasteiger partial charge in [-0.1, -0.05) is 29.8 Å². The van der Waals surface area contributed by atoms with Crippen LogP contribution in [0.1, 0.15) is 23.7 Å². The second-order valence-corrected chi connectivity index (χ2v) is 5.36. The fraction of sp³-hybridized carbons (Fsp3) is 0.118. The van der Waals surface area contributed by atoms with Crippen LogP contribution in [0.5, 0.6) is 0 Å². The SMILES string of the molecule is O=C(/C=C/c1ccc(Cl)cc1)CC(O)c1ccc([N+](=O)[O-])cc1. The van der Waals surface area contributed by atoms with Gasteiger partial charge in [0.1, 0.15) is 0 Å². The molecule has 0 fully saturated rings.